The molecule has 1 aliphatic heterocycles. The summed E-state index contributed by atoms with van der Waals surface area (Å²) in [5, 5.41) is 8.46. The highest BCUT2D eigenvalue weighted by Crippen LogP contribution is 2.31. The van der Waals surface area contributed by atoms with E-state index in [2.05, 4.69) is 20.3 Å². The molecule has 5 rings (SSSR count). The first-order chi connectivity index (χ1) is 15.0. The number of hydrogen-bond acceptors (Lipinski definition) is 4. The van der Waals surface area contributed by atoms with E-state index >= 15 is 0 Å². The van der Waals surface area contributed by atoms with E-state index in [1.165, 1.54) is 25.3 Å². The number of carbonyl (C=O) groups excluding carboxylic acids is 1. The van der Waals surface area contributed by atoms with Gasteiger partial charge in [0.1, 0.15) is 5.52 Å². The van der Waals surface area contributed by atoms with Crippen molar-refractivity contribution in [3.8, 4) is 0 Å². The van der Waals surface area contributed by atoms with Crippen LogP contribution < -0.4 is 10.2 Å². The first kappa shape index (κ1) is 19.5. The Morgan fingerprint density at radius 3 is 2.74 bits per heavy atom. The third-order valence-electron chi connectivity index (χ3n) is 5.85. The standard InChI is InChI=1S/C23H25FN6O/c1-3-30-14-18-20(28-9-5-4-6-10-28)8-7-17(21(18)27-30)23(31)26-16-11-19(24)22-25-15(2)12-29(22)13-16/h7-8,11-14H,3-6,9-10H2,1-2H3,(H,26,31). The maximum absolute atomic E-state index is 14.4. The van der Waals surface area contributed by atoms with Gasteiger partial charge in [-0.05, 0) is 45.2 Å². The van der Waals surface area contributed by atoms with Crippen LogP contribution in [0.4, 0.5) is 15.8 Å². The number of halogens is 1. The molecule has 0 spiro atoms. The van der Waals surface area contributed by atoms with Crippen LogP contribution in [0.1, 0.15) is 42.2 Å². The minimum absolute atomic E-state index is 0.241. The van der Waals surface area contributed by atoms with Gasteiger partial charge in [0.05, 0.1) is 16.9 Å². The van der Waals surface area contributed by atoms with Crippen molar-refractivity contribution >= 4 is 33.8 Å². The number of piperidine rings is 1. The maximum Gasteiger partial charge on any atom is 0.257 e. The van der Waals surface area contributed by atoms with Crippen LogP contribution >= 0.6 is 0 Å². The monoisotopic (exact) mass is 420 g/mol. The molecule has 1 saturated heterocycles. The van der Waals surface area contributed by atoms with E-state index in [1.807, 2.05) is 29.9 Å². The predicted octanol–water partition coefficient (Wildman–Crippen LogP) is 4.39. The second-order valence-corrected chi connectivity index (χ2v) is 8.07. The fourth-order valence-corrected chi connectivity index (χ4v) is 4.34. The molecule has 0 bridgehead atoms. The number of carbonyl (C=O) groups is 1. The Morgan fingerprint density at radius 1 is 1.16 bits per heavy atom. The van der Waals surface area contributed by atoms with Gasteiger partial charge < -0.3 is 14.6 Å². The molecule has 0 saturated carbocycles. The second kappa shape index (κ2) is 7.68. The molecule has 160 valence electrons. The summed E-state index contributed by atoms with van der Waals surface area (Å²) in [6.45, 7) is 6.58. The molecule has 1 N–H and O–H groups in total. The molecule has 31 heavy (non-hydrogen) atoms. The summed E-state index contributed by atoms with van der Waals surface area (Å²) in [6.07, 6.45) is 9.01. The van der Waals surface area contributed by atoms with E-state index in [9.17, 15) is 9.18 Å². The van der Waals surface area contributed by atoms with Gasteiger partial charge in [0, 0.05) is 55.4 Å². The number of aryl methyl sites for hydroxylation is 2. The first-order valence-corrected chi connectivity index (χ1v) is 10.7. The number of nitrogens with one attached hydrogen (secondary N) is 1. The lowest BCUT2D eigenvalue weighted by Gasteiger charge is -2.29. The third kappa shape index (κ3) is 3.52. The SMILES string of the molecule is CCn1cc2c(N3CCCCC3)ccc(C(=O)Nc3cc(F)c4nc(C)cn4c3)c2n1. The number of hydrogen-bond donors (Lipinski definition) is 1. The lowest BCUT2D eigenvalue weighted by Crippen LogP contribution is -2.29. The molecule has 1 amide bonds. The quantitative estimate of drug-likeness (QED) is 0.532. The third-order valence-corrected chi connectivity index (χ3v) is 5.85. The molecule has 7 nitrogen and oxygen atoms in total. The number of amides is 1. The van der Waals surface area contributed by atoms with Gasteiger partial charge in [-0.3, -0.25) is 9.48 Å². The van der Waals surface area contributed by atoms with Crippen molar-refractivity contribution in [1.82, 2.24) is 19.2 Å². The van der Waals surface area contributed by atoms with Crippen molar-refractivity contribution in [2.75, 3.05) is 23.3 Å². The van der Waals surface area contributed by atoms with Crippen molar-refractivity contribution in [2.45, 2.75) is 39.7 Å². The van der Waals surface area contributed by atoms with Crippen molar-refractivity contribution < 1.29 is 9.18 Å². The van der Waals surface area contributed by atoms with E-state index in [0.29, 0.717) is 22.5 Å². The van der Waals surface area contributed by atoms with Gasteiger partial charge in [-0.2, -0.15) is 5.10 Å². The molecule has 0 unspecified atom stereocenters. The molecule has 8 heteroatoms. The van der Waals surface area contributed by atoms with E-state index < -0.39 is 5.82 Å². The average Bonchev–Trinajstić information content (AvgIpc) is 3.37. The van der Waals surface area contributed by atoms with E-state index in [0.717, 1.165) is 30.7 Å². The average molecular weight is 420 g/mol. The van der Waals surface area contributed by atoms with Crippen molar-refractivity contribution in [2.24, 2.45) is 0 Å². The predicted molar refractivity (Wildman–Crippen MR) is 119 cm³/mol. The van der Waals surface area contributed by atoms with Gasteiger partial charge in [-0.1, -0.05) is 0 Å². The molecular formula is C23H25FN6O. The summed E-state index contributed by atoms with van der Waals surface area (Å²) >= 11 is 0. The Bertz CT molecular complexity index is 1280. The molecule has 0 radical (unpaired) electrons. The van der Waals surface area contributed by atoms with E-state index in [1.54, 1.807) is 23.7 Å². The molecule has 4 aromatic rings. The normalized spacial score (nSPS) is 14.5. The van der Waals surface area contributed by atoms with E-state index in [4.69, 9.17) is 0 Å². The van der Waals surface area contributed by atoms with Gasteiger partial charge in [-0.15, -0.1) is 0 Å². The number of fused-ring (bicyclic) bond motifs is 2. The van der Waals surface area contributed by atoms with Crippen LogP contribution in [0.5, 0.6) is 0 Å². The summed E-state index contributed by atoms with van der Waals surface area (Å²) < 4.78 is 17.9. The smallest absolute Gasteiger partial charge is 0.257 e. The zero-order valence-corrected chi connectivity index (χ0v) is 17.7. The van der Waals surface area contributed by atoms with Crippen LogP contribution in [0, 0.1) is 12.7 Å². The lowest BCUT2D eigenvalue weighted by atomic mass is 10.1. The minimum Gasteiger partial charge on any atom is -0.371 e. The second-order valence-electron chi connectivity index (χ2n) is 8.07. The summed E-state index contributed by atoms with van der Waals surface area (Å²) in [5.74, 6) is -0.793. The molecule has 0 atom stereocenters. The number of benzene rings is 1. The highest BCUT2D eigenvalue weighted by Gasteiger charge is 2.21. The number of nitrogens with zero attached hydrogens (tertiary/aromatic N) is 5. The molecule has 4 heterocycles. The lowest BCUT2D eigenvalue weighted by molar-refractivity contribution is 0.102. The van der Waals surface area contributed by atoms with Crippen LogP contribution in [-0.2, 0) is 6.54 Å². The maximum atomic E-state index is 14.4. The van der Waals surface area contributed by atoms with Crippen molar-refractivity contribution in [3.63, 3.8) is 0 Å². The fraction of sp³-hybridized carbons (Fsp3) is 0.348. The zero-order valence-electron chi connectivity index (χ0n) is 17.7. The van der Waals surface area contributed by atoms with E-state index in [-0.39, 0.29) is 11.6 Å². The number of imidazole rings is 1. The topological polar surface area (TPSA) is 67.5 Å². The molecule has 1 aromatic carbocycles. The number of anilines is 2. The number of pyridine rings is 1. The molecular weight excluding hydrogens is 395 g/mol. The van der Waals surface area contributed by atoms with Gasteiger partial charge in [0.15, 0.2) is 11.5 Å². The van der Waals surface area contributed by atoms with Crippen LogP contribution in [0.2, 0.25) is 0 Å². The highest BCUT2D eigenvalue weighted by atomic mass is 19.1. The van der Waals surface area contributed by atoms with Crippen molar-refractivity contribution in [3.05, 3.63) is 53.9 Å². The summed E-state index contributed by atoms with van der Waals surface area (Å²) in [4.78, 5) is 19.7. The van der Waals surface area contributed by atoms with Crippen molar-refractivity contribution in [1.29, 1.82) is 0 Å². The Hall–Kier alpha value is -3.42. The van der Waals surface area contributed by atoms with Gasteiger partial charge in [0.25, 0.3) is 5.91 Å². The van der Waals surface area contributed by atoms with Gasteiger partial charge >= 0.3 is 0 Å². The summed E-state index contributed by atoms with van der Waals surface area (Å²) in [7, 11) is 0. The van der Waals surface area contributed by atoms with Gasteiger partial charge in [-0.25, -0.2) is 9.37 Å². The number of rotatable bonds is 4. The fourth-order valence-electron chi connectivity index (χ4n) is 4.34. The van der Waals surface area contributed by atoms with Crippen LogP contribution in [0.25, 0.3) is 16.6 Å². The molecule has 1 fully saturated rings. The van der Waals surface area contributed by atoms with Gasteiger partial charge in [0.2, 0.25) is 0 Å². The Kier molecular flexibility index (Phi) is 4.84. The van der Waals surface area contributed by atoms with Crippen LogP contribution in [0.3, 0.4) is 0 Å². The molecule has 0 aliphatic carbocycles. The number of aromatic nitrogens is 4. The largest absolute Gasteiger partial charge is 0.371 e. The Balaban J connectivity index is 1.52. The van der Waals surface area contributed by atoms with Crippen LogP contribution in [-0.4, -0.2) is 38.2 Å². The zero-order chi connectivity index (χ0) is 21.5. The molecule has 1 aliphatic rings. The Labute approximate surface area is 179 Å². The summed E-state index contributed by atoms with van der Waals surface area (Å²) in [6, 6.07) is 5.13. The highest BCUT2D eigenvalue weighted by molar-refractivity contribution is 6.13. The minimum atomic E-state index is -0.480. The van der Waals surface area contributed by atoms with Crippen LogP contribution in [0.15, 0.2) is 36.8 Å². The summed E-state index contributed by atoms with van der Waals surface area (Å²) in [5.41, 5.74) is 3.59. The molecule has 3 aromatic heterocycles. The Morgan fingerprint density at radius 2 is 1.97 bits per heavy atom. The first-order valence-electron chi connectivity index (χ1n) is 10.7.